The lowest BCUT2D eigenvalue weighted by Crippen LogP contribution is -2.45. The van der Waals surface area contributed by atoms with Gasteiger partial charge in [-0.3, -0.25) is 14.7 Å². The van der Waals surface area contributed by atoms with Crippen molar-refractivity contribution in [1.82, 2.24) is 15.1 Å². The number of hydrogen-bond acceptors (Lipinski definition) is 4. The third-order valence-corrected chi connectivity index (χ3v) is 5.76. The second-order valence-corrected chi connectivity index (χ2v) is 8.15. The molecule has 2 unspecified atom stereocenters. The van der Waals surface area contributed by atoms with E-state index in [0.29, 0.717) is 30.8 Å². The summed E-state index contributed by atoms with van der Waals surface area (Å²) in [6, 6.07) is 12.5. The number of H-pyrrole nitrogens is 1. The Hall–Kier alpha value is -2.71. The monoisotopic (exact) mass is 456 g/mol. The number of fused-ring (bicyclic) bond motifs is 1. The van der Waals surface area contributed by atoms with E-state index in [-0.39, 0.29) is 17.7 Å². The van der Waals surface area contributed by atoms with E-state index in [1.807, 2.05) is 18.2 Å². The van der Waals surface area contributed by atoms with E-state index in [2.05, 4.69) is 31.4 Å². The molecule has 3 N–H and O–H groups in total. The maximum atomic E-state index is 12.7. The average molecular weight is 457 g/mol. The third kappa shape index (κ3) is 4.33. The number of aromatic amines is 1. The molecule has 0 bridgehead atoms. The zero-order valence-corrected chi connectivity index (χ0v) is 17.2. The van der Waals surface area contributed by atoms with Gasteiger partial charge in [-0.1, -0.05) is 28.1 Å². The number of rotatable bonds is 4. The van der Waals surface area contributed by atoms with Gasteiger partial charge in [0.05, 0.1) is 17.6 Å². The van der Waals surface area contributed by atoms with Gasteiger partial charge < -0.3 is 15.3 Å². The molecule has 8 heteroatoms. The van der Waals surface area contributed by atoms with Crippen LogP contribution in [0.5, 0.6) is 0 Å². The smallest absolute Gasteiger partial charge is 0.256 e. The van der Waals surface area contributed by atoms with Gasteiger partial charge in [-0.25, -0.2) is 0 Å². The summed E-state index contributed by atoms with van der Waals surface area (Å²) in [4.78, 5) is 27.1. The number of benzene rings is 2. The Morgan fingerprint density at radius 1 is 1.24 bits per heavy atom. The fourth-order valence-electron chi connectivity index (χ4n) is 3.62. The van der Waals surface area contributed by atoms with Crippen LogP contribution in [0.3, 0.4) is 0 Å². The fraction of sp³-hybridized carbons (Fsp3) is 0.286. The van der Waals surface area contributed by atoms with E-state index >= 15 is 0 Å². The van der Waals surface area contributed by atoms with Crippen LogP contribution in [0.1, 0.15) is 24.5 Å². The largest absolute Gasteiger partial charge is 0.378 e. The molecular weight excluding hydrogens is 436 g/mol. The minimum Gasteiger partial charge on any atom is -0.378 e. The number of anilines is 1. The first-order valence-electron chi connectivity index (χ1n) is 9.47. The highest BCUT2D eigenvalue weighted by Crippen LogP contribution is 2.24. The van der Waals surface area contributed by atoms with Crippen molar-refractivity contribution in [2.75, 3.05) is 18.4 Å². The summed E-state index contributed by atoms with van der Waals surface area (Å²) in [5, 5.41) is 21.2. The van der Waals surface area contributed by atoms with Gasteiger partial charge >= 0.3 is 0 Å². The topological polar surface area (TPSA) is 98.3 Å². The number of aliphatic hydroxyl groups is 1. The molecule has 7 nitrogen and oxygen atoms in total. The van der Waals surface area contributed by atoms with Crippen LogP contribution < -0.4 is 5.32 Å². The quantitative estimate of drug-likeness (QED) is 0.560. The lowest BCUT2D eigenvalue weighted by Gasteiger charge is -2.33. The van der Waals surface area contributed by atoms with E-state index in [1.165, 1.54) is 0 Å². The molecule has 2 aromatic carbocycles. The number of likely N-dealkylation sites (tertiary alicyclic amines) is 1. The molecule has 0 spiro atoms. The first-order chi connectivity index (χ1) is 14.0. The van der Waals surface area contributed by atoms with Crippen molar-refractivity contribution < 1.29 is 14.7 Å². The number of nitrogens with one attached hydrogen (secondary N) is 2. The van der Waals surface area contributed by atoms with E-state index in [0.717, 1.165) is 21.8 Å². The van der Waals surface area contributed by atoms with Crippen LogP contribution in [0.25, 0.3) is 10.9 Å². The summed E-state index contributed by atoms with van der Waals surface area (Å²) in [7, 11) is 0. The van der Waals surface area contributed by atoms with Crippen molar-refractivity contribution >= 4 is 44.3 Å². The van der Waals surface area contributed by atoms with Crippen molar-refractivity contribution in [3.05, 3.63) is 58.7 Å². The van der Waals surface area contributed by atoms with Gasteiger partial charge in [0, 0.05) is 28.6 Å². The second-order valence-electron chi connectivity index (χ2n) is 7.24. The van der Waals surface area contributed by atoms with Gasteiger partial charge in [0.1, 0.15) is 0 Å². The number of hydrogen-bond donors (Lipinski definition) is 3. The van der Waals surface area contributed by atoms with Crippen molar-refractivity contribution in [3.8, 4) is 0 Å². The molecule has 1 saturated heterocycles. The van der Waals surface area contributed by atoms with Crippen LogP contribution in [-0.4, -0.2) is 45.1 Å². The van der Waals surface area contributed by atoms with Crippen molar-refractivity contribution in [2.24, 2.45) is 5.92 Å². The zero-order chi connectivity index (χ0) is 20.4. The Balaban J connectivity index is 1.40. The molecule has 0 radical (unpaired) electrons. The second kappa shape index (κ2) is 8.34. The molecule has 29 heavy (non-hydrogen) atoms. The van der Waals surface area contributed by atoms with E-state index in [9.17, 15) is 14.7 Å². The van der Waals surface area contributed by atoms with E-state index in [1.54, 1.807) is 35.4 Å². The number of aromatic nitrogens is 2. The normalized spacial score (nSPS) is 17.9. The summed E-state index contributed by atoms with van der Waals surface area (Å²) in [5.74, 6) is -0.807. The van der Waals surface area contributed by atoms with Crippen molar-refractivity contribution in [3.63, 3.8) is 0 Å². The molecule has 0 saturated carbocycles. The van der Waals surface area contributed by atoms with E-state index < -0.39 is 6.10 Å². The highest BCUT2D eigenvalue weighted by atomic mass is 79.9. The van der Waals surface area contributed by atoms with Gasteiger partial charge in [0.25, 0.3) is 5.91 Å². The summed E-state index contributed by atoms with van der Waals surface area (Å²) < 4.78 is 0.879. The molecule has 4 rings (SSSR count). The highest BCUT2D eigenvalue weighted by Gasteiger charge is 2.31. The molecular formula is C21H21BrN4O3. The zero-order valence-electron chi connectivity index (χ0n) is 15.6. The molecule has 2 atom stereocenters. The molecule has 3 aromatic rings. The molecule has 2 heterocycles. The Morgan fingerprint density at radius 3 is 2.83 bits per heavy atom. The maximum Gasteiger partial charge on any atom is 0.256 e. The number of carbonyl (C=O) groups excluding carboxylic acids is 2. The molecule has 0 aliphatic carbocycles. The van der Waals surface area contributed by atoms with Crippen LogP contribution in [0, 0.1) is 5.92 Å². The van der Waals surface area contributed by atoms with Gasteiger partial charge in [-0.2, -0.15) is 5.10 Å². The van der Waals surface area contributed by atoms with Crippen LogP contribution in [0.15, 0.2) is 53.1 Å². The Kier molecular flexibility index (Phi) is 5.64. The van der Waals surface area contributed by atoms with Gasteiger partial charge in [0.15, 0.2) is 6.10 Å². The summed E-state index contributed by atoms with van der Waals surface area (Å²) in [6.07, 6.45) is 1.90. The predicted octanol–water partition coefficient (Wildman–Crippen LogP) is 3.24. The fourth-order valence-corrected chi connectivity index (χ4v) is 3.88. The first-order valence-corrected chi connectivity index (χ1v) is 10.3. The Bertz CT molecular complexity index is 1030. The predicted molar refractivity (Wildman–Crippen MR) is 113 cm³/mol. The maximum absolute atomic E-state index is 12.7. The number of piperidine rings is 1. The molecule has 150 valence electrons. The number of amides is 2. The first kappa shape index (κ1) is 19.6. The lowest BCUT2D eigenvalue weighted by molar-refractivity contribution is -0.143. The van der Waals surface area contributed by atoms with Crippen molar-refractivity contribution in [2.45, 2.75) is 18.9 Å². The summed E-state index contributed by atoms with van der Waals surface area (Å²) >= 11 is 3.34. The number of aliphatic hydroxyl groups excluding tert-OH is 1. The Morgan fingerprint density at radius 2 is 2.03 bits per heavy atom. The summed E-state index contributed by atoms with van der Waals surface area (Å²) in [6.45, 7) is 0.837. The minimum atomic E-state index is -1.23. The van der Waals surface area contributed by atoms with Crippen LogP contribution >= 0.6 is 15.9 Å². The van der Waals surface area contributed by atoms with Gasteiger partial charge in [-0.05, 0) is 48.7 Å². The lowest BCUT2D eigenvalue weighted by atomic mass is 9.96. The summed E-state index contributed by atoms with van der Waals surface area (Å²) in [5.41, 5.74) is 2.14. The number of halogens is 1. The van der Waals surface area contributed by atoms with Crippen LogP contribution in [-0.2, 0) is 9.59 Å². The number of nitrogens with zero attached hydrogens (tertiary/aromatic N) is 2. The Labute approximate surface area is 176 Å². The highest BCUT2D eigenvalue weighted by molar-refractivity contribution is 9.10. The van der Waals surface area contributed by atoms with Gasteiger partial charge in [-0.15, -0.1) is 0 Å². The molecule has 1 aliphatic heterocycles. The molecule has 1 aromatic heterocycles. The van der Waals surface area contributed by atoms with Crippen LogP contribution in [0.4, 0.5) is 5.69 Å². The number of carbonyl (C=O) groups is 2. The molecule has 1 aliphatic rings. The SMILES string of the molecule is O=C(Nc1ccc2[nH]ncc2c1)C1CCCN(C(=O)C(O)c2ccc(Br)cc2)C1. The van der Waals surface area contributed by atoms with Crippen molar-refractivity contribution in [1.29, 1.82) is 0 Å². The standard InChI is InChI=1S/C21H21BrN4O3/c22-16-5-3-13(4-6-16)19(27)21(29)26-9-1-2-14(12-26)20(28)24-17-7-8-18-15(10-17)11-23-25-18/h3-8,10-11,14,19,27H,1-2,9,12H2,(H,23,25)(H,24,28). The van der Waals surface area contributed by atoms with Crippen LogP contribution in [0.2, 0.25) is 0 Å². The van der Waals surface area contributed by atoms with E-state index in [4.69, 9.17) is 0 Å². The third-order valence-electron chi connectivity index (χ3n) is 5.23. The minimum absolute atomic E-state index is 0.122. The molecule has 2 amide bonds. The van der Waals surface area contributed by atoms with Gasteiger partial charge in [0.2, 0.25) is 5.91 Å². The average Bonchev–Trinajstić information content (AvgIpc) is 3.21. The molecule has 1 fully saturated rings.